The Morgan fingerprint density at radius 3 is 2.63 bits per heavy atom. The van der Waals surface area contributed by atoms with Crippen molar-refractivity contribution in [2.24, 2.45) is 0 Å². The molecule has 0 amide bonds. The molecule has 0 atom stereocenters. The van der Waals surface area contributed by atoms with Crippen molar-refractivity contribution in [2.75, 3.05) is 7.11 Å². The molecule has 0 aliphatic carbocycles. The van der Waals surface area contributed by atoms with Crippen LogP contribution in [0.25, 0.3) is 23.3 Å². The van der Waals surface area contributed by atoms with Gasteiger partial charge in [-0.1, -0.05) is 30.3 Å². The average Bonchev–Trinajstić information content (AvgIpc) is 2.88. The number of hydrogen-bond donors (Lipinski definition) is 0. The summed E-state index contributed by atoms with van der Waals surface area (Å²) in [7, 11) is 1.66. The van der Waals surface area contributed by atoms with E-state index in [9.17, 15) is 0 Å². The van der Waals surface area contributed by atoms with Crippen LogP contribution in [0.4, 0.5) is 0 Å². The number of para-hydroxylation sites is 3. The van der Waals surface area contributed by atoms with Crippen LogP contribution in [0.1, 0.15) is 11.5 Å². The second-order valence-electron chi connectivity index (χ2n) is 4.10. The molecule has 3 nitrogen and oxygen atoms in total. The molecule has 2 aromatic carbocycles. The van der Waals surface area contributed by atoms with Crippen molar-refractivity contribution >= 4 is 23.3 Å². The molecule has 3 rings (SSSR count). The van der Waals surface area contributed by atoms with Gasteiger partial charge >= 0.3 is 0 Å². The summed E-state index contributed by atoms with van der Waals surface area (Å²) in [4.78, 5) is 4.39. The maximum atomic E-state index is 5.62. The van der Waals surface area contributed by atoms with E-state index >= 15 is 0 Å². The highest BCUT2D eigenvalue weighted by atomic mass is 16.5. The van der Waals surface area contributed by atoms with Crippen molar-refractivity contribution in [1.82, 2.24) is 4.98 Å². The van der Waals surface area contributed by atoms with Gasteiger partial charge in [0.2, 0.25) is 5.89 Å². The van der Waals surface area contributed by atoms with Gasteiger partial charge in [-0.3, -0.25) is 0 Å². The van der Waals surface area contributed by atoms with Gasteiger partial charge in [-0.05, 0) is 24.3 Å². The van der Waals surface area contributed by atoms with E-state index in [0.717, 1.165) is 22.4 Å². The van der Waals surface area contributed by atoms with Crippen LogP contribution in [-0.4, -0.2) is 12.1 Å². The molecule has 0 fully saturated rings. The number of oxazole rings is 1. The van der Waals surface area contributed by atoms with E-state index in [1.165, 1.54) is 0 Å². The summed E-state index contributed by atoms with van der Waals surface area (Å²) in [6.07, 6.45) is 3.78. The SMILES string of the molecule is COc1ccccc1/C=C/c1nc2ccccc2o1. The van der Waals surface area contributed by atoms with E-state index < -0.39 is 0 Å². The number of hydrogen-bond acceptors (Lipinski definition) is 3. The summed E-state index contributed by atoms with van der Waals surface area (Å²) in [6, 6.07) is 15.5. The molecule has 0 N–H and O–H groups in total. The van der Waals surface area contributed by atoms with Gasteiger partial charge < -0.3 is 9.15 Å². The molecule has 3 heteroatoms. The van der Waals surface area contributed by atoms with Crippen LogP contribution in [0.2, 0.25) is 0 Å². The second-order valence-corrected chi connectivity index (χ2v) is 4.10. The fraction of sp³-hybridized carbons (Fsp3) is 0.0625. The lowest BCUT2D eigenvalue weighted by molar-refractivity contribution is 0.414. The summed E-state index contributed by atoms with van der Waals surface area (Å²) < 4.78 is 10.9. The molecule has 1 heterocycles. The smallest absolute Gasteiger partial charge is 0.220 e. The van der Waals surface area contributed by atoms with Crippen LogP contribution in [0.5, 0.6) is 5.75 Å². The Balaban J connectivity index is 1.93. The second kappa shape index (κ2) is 4.98. The van der Waals surface area contributed by atoms with Crippen molar-refractivity contribution in [1.29, 1.82) is 0 Å². The van der Waals surface area contributed by atoms with E-state index in [4.69, 9.17) is 9.15 Å². The Morgan fingerprint density at radius 2 is 1.79 bits per heavy atom. The maximum Gasteiger partial charge on any atom is 0.220 e. The zero-order valence-corrected chi connectivity index (χ0v) is 10.5. The minimum atomic E-state index is 0.590. The lowest BCUT2D eigenvalue weighted by atomic mass is 10.2. The minimum Gasteiger partial charge on any atom is -0.496 e. The van der Waals surface area contributed by atoms with Gasteiger partial charge in [0.1, 0.15) is 11.3 Å². The van der Waals surface area contributed by atoms with Crippen molar-refractivity contribution in [3.63, 3.8) is 0 Å². The number of nitrogens with zero attached hydrogens (tertiary/aromatic N) is 1. The predicted molar refractivity (Wildman–Crippen MR) is 75.9 cm³/mol. The topological polar surface area (TPSA) is 35.3 Å². The van der Waals surface area contributed by atoms with Gasteiger partial charge in [0, 0.05) is 11.6 Å². The van der Waals surface area contributed by atoms with Gasteiger partial charge in [0.15, 0.2) is 5.58 Å². The molecule has 0 aliphatic heterocycles. The Bertz CT molecular complexity index is 695. The lowest BCUT2D eigenvalue weighted by Gasteiger charge is -2.02. The van der Waals surface area contributed by atoms with E-state index in [0.29, 0.717) is 5.89 Å². The highest BCUT2D eigenvalue weighted by Crippen LogP contribution is 2.21. The zero-order chi connectivity index (χ0) is 13.1. The molecular formula is C16H13NO2. The Morgan fingerprint density at radius 1 is 1.00 bits per heavy atom. The number of fused-ring (bicyclic) bond motifs is 1. The lowest BCUT2D eigenvalue weighted by Crippen LogP contribution is -1.85. The van der Waals surface area contributed by atoms with Crippen molar-refractivity contribution in [2.45, 2.75) is 0 Å². The van der Waals surface area contributed by atoms with E-state index in [-0.39, 0.29) is 0 Å². The van der Waals surface area contributed by atoms with Crippen molar-refractivity contribution in [3.8, 4) is 5.75 Å². The first-order valence-electron chi connectivity index (χ1n) is 6.03. The predicted octanol–water partition coefficient (Wildman–Crippen LogP) is 4.01. The number of rotatable bonds is 3. The van der Waals surface area contributed by atoms with Gasteiger partial charge in [-0.15, -0.1) is 0 Å². The molecule has 3 aromatic rings. The third kappa shape index (κ3) is 2.36. The number of aromatic nitrogens is 1. The largest absolute Gasteiger partial charge is 0.496 e. The van der Waals surface area contributed by atoms with Gasteiger partial charge in [0.25, 0.3) is 0 Å². The van der Waals surface area contributed by atoms with Crippen LogP contribution in [0.3, 0.4) is 0 Å². The molecule has 0 spiro atoms. The number of benzene rings is 2. The summed E-state index contributed by atoms with van der Waals surface area (Å²) in [5.74, 6) is 1.42. The third-order valence-electron chi connectivity index (χ3n) is 2.85. The highest BCUT2D eigenvalue weighted by molar-refractivity contribution is 5.76. The van der Waals surface area contributed by atoms with E-state index in [1.807, 2.05) is 60.7 Å². The van der Waals surface area contributed by atoms with Gasteiger partial charge in [-0.2, -0.15) is 0 Å². The van der Waals surface area contributed by atoms with Gasteiger partial charge in [0.05, 0.1) is 7.11 Å². The number of ether oxygens (including phenoxy) is 1. The first-order chi connectivity index (χ1) is 9.36. The van der Waals surface area contributed by atoms with Crippen LogP contribution < -0.4 is 4.74 Å². The van der Waals surface area contributed by atoms with Crippen LogP contribution in [0, 0.1) is 0 Å². The molecule has 0 bridgehead atoms. The monoisotopic (exact) mass is 251 g/mol. The van der Waals surface area contributed by atoms with Gasteiger partial charge in [-0.25, -0.2) is 4.98 Å². The molecule has 0 aliphatic rings. The maximum absolute atomic E-state index is 5.62. The first-order valence-corrected chi connectivity index (χ1v) is 6.03. The fourth-order valence-corrected chi connectivity index (χ4v) is 1.93. The Hall–Kier alpha value is -2.55. The molecule has 1 aromatic heterocycles. The normalized spacial score (nSPS) is 11.2. The van der Waals surface area contributed by atoms with Crippen LogP contribution >= 0.6 is 0 Å². The average molecular weight is 251 g/mol. The van der Waals surface area contributed by atoms with E-state index in [1.54, 1.807) is 7.11 Å². The standard InChI is InChI=1S/C16H13NO2/c1-18-14-8-4-2-6-12(14)10-11-16-17-13-7-3-5-9-15(13)19-16/h2-11H,1H3/b11-10+. The highest BCUT2D eigenvalue weighted by Gasteiger charge is 2.02. The molecule has 0 saturated heterocycles. The quantitative estimate of drug-likeness (QED) is 0.705. The molecule has 0 unspecified atom stereocenters. The fourth-order valence-electron chi connectivity index (χ4n) is 1.93. The van der Waals surface area contributed by atoms with Crippen LogP contribution in [0.15, 0.2) is 52.9 Å². The zero-order valence-electron chi connectivity index (χ0n) is 10.5. The Labute approximate surface area is 111 Å². The minimum absolute atomic E-state index is 0.590. The molecule has 19 heavy (non-hydrogen) atoms. The summed E-state index contributed by atoms with van der Waals surface area (Å²) in [6.45, 7) is 0. The van der Waals surface area contributed by atoms with Crippen LogP contribution in [-0.2, 0) is 0 Å². The summed E-state index contributed by atoms with van der Waals surface area (Å²) in [5, 5.41) is 0. The molecule has 94 valence electrons. The van der Waals surface area contributed by atoms with Crippen molar-refractivity contribution in [3.05, 3.63) is 60.0 Å². The van der Waals surface area contributed by atoms with Crippen molar-refractivity contribution < 1.29 is 9.15 Å². The Kier molecular flexibility index (Phi) is 3.02. The first kappa shape index (κ1) is 11.5. The van der Waals surface area contributed by atoms with E-state index in [2.05, 4.69) is 4.98 Å². The number of methoxy groups -OCH3 is 1. The molecular weight excluding hydrogens is 238 g/mol. The summed E-state index contributed by atoms with van der Waals surface area (Å²) in [5.41, 5.74) is 2.65. The molecule has 0 radical (unpaired) electrons. The summed E-state index contributed by atoms with van der Waals surface area (Å²) >= 11 is 0. The third-order valence-corrected chi connectivity index (χ3v) is 2.85. The molecule has 0 saturated carbocycles.